The van der Waals surface area contributed by atoms with E-state index in [1.54, 1.807) is 6.20 Å². The summed E-state index contributed by atoms with van der Waals surface area (Å²) in [6, 6.07) is 0. The van der Waals surface area contributed by atoms with Crippen LogP contribution < -0.4 is 5.32 Å². The predicted octanol–water partition coefficient (Wildman–Crippen LogP) is 1.02. The smallest absolute Gasteiger partial charge is 0.271 e. The Hall–Kier alpha value is -1.43. The number of anilines is 1. The van der Waals surface area contributed by atoms with Gasteiger partial charge in [-0.1, -0.05) is 5.16 Å². The third-order valence-electron chi connectivity index (χ3n) is 1.13. The third-order valence-corrected chi connectivity index (χ3v) is 1.95. The van der Waals surface area contributed by atoms with Crippen LogP contribution in [0.2, 0.25) is 0 Å². The molecule has 1 heterocycles. The van der Waals surface area contributed by atoms with Gasteiger partial charge in [-0.15, -0.1) is 11.3 Å². The van der Waals surface area contributed by atoms with E-state index in [4.69, 9.17) is 0 Å². The second-order valence-corrected chi connectivity index (χ2v) is 3.42. The molecule has 0 bridgehead atoms. The van der Waals surface area contributed by atoms with Crippen molar-refractivity contribution in [3.63, 3.8) is 0 Å². The predicted molar refractivity (Wildman–Crippen MR) is 51.0 cm³/mol. The van der Waals surface area contributed by atoms with E-state index in [-0.39, 0.29) is 5.91 Å². The van der Waals surface area contributed by atoms with Gasteiger partial charge >= 0.3 is 0 Å². The van der Waals surface area contributed by atoms with Crippen LogP contribution in [0, 0.1) is 6.92 Å². The molecule has 0 aliphatic rings. The van der Waals surface area contributed by atoms with Crippen molar-refractivity contribution in [1.82, 2.24) is 4.98 Å². The second kappa shape index (κ2) is 4.56. The second-order valence-electron chi connectivity index (χ2n) is 2.18. The van der Waals surface area contributed by atoms with Gasteiger partial charge in [0.1, 0.15) is 13.3 Å². The molecule has 1 aromatic heterocycles. The summed E-state index contributed by atoms with van der Waals surface area (Å²) in [6.07, 6.45) is 2.74. The number of hydrogen-bond donors (Lipinski definition) is 1. The fourth-order valence-electron chi connectivity index (χ4n) is 0.651. The summed E-state index contributed by atoms with van der Waals surface area (Å²) in [5, 5.41) is 6.41. The Morgan fingerprint density at radius 3 is 3.15 bits per heavy atom. The minimum atomic E-state index is -0.351. The van der Waals surface area contributed by atoms with Gasteiger partial charge in [-0.25, -0.2) is 4.98 Å². The molecule has 1 N–H and O–H groups in total. The lowest BCUT2D eigenvalue weighted by atomic mass is 10.6. The molecule has 5 nitrogen and oxygen atoms in total. The molecule has 13 heavy (non-hydrogen) atoms. The molecular weight excluding hydrogens is 190 g/mol. The van der Waals surface area contributed by atoms with Crippen molar-refractivity contribution < 1.29 is 9.63 Å². The first-order valence-electron chi connectivity index (χ1n) is 3.52. The first kappa shape index (κ1) is 9.66. The first-order valence-corrected chi connectivity index (χ1v) is 4.34. The molecule has 0 fully saturated rings. The normalized spacial score (nSPS) is 10.3. The highest BCUT2D eigenvalue weighted by molar-refractivity contribution is 7.15. The Morgan fingerprint density at radius 2 is 2.62 bits per heavy atom. The largest absolute Gasteiger partial charge is 0.399 e. The number of nitrogens with zero attached hydrogens (tertiary/aromatic N) is 2. The number of hydrogen-bond acceptors (Lipinski definition) is 5. The molecule has 1 rings (SSSR count). The van der Waals surface area contributed by atoms with Crippen molar-refractivity contribution in [2.45, 2.75) is 6.92 Å². The molecule has 0 aromatic carbocycles. The van der Waals surface area contributed by atoms with Gasteiger partial charge < -0.3 is 4.84 Å². The van der Waals surface area contributed by atoms with Crippen LogP contribution in [0.15, 0.2) is 11.4 Å². The number of carbonyl (C=O) groups is 1. The maximum absolute atomic E-state index is 11.0. The molecule has 0 unspecified atom stereocenters. The SMILES string of the molecule is CO/N=C/C(=O)Nc1ncc(C)s1. The highest BCUT2D eigenvalue weighted by Crippen LogP contribution is 2.15. The van der Waals surface area contributed by atoms with E-state index in [1.165, 1.54) is 18.4 Å². The summed E-state index contributed by atoms with van der Waals surface area (Å²) in [5.74, 6) is -0.351. The standard InChI is InChI=1S/C7H9N3O2S/c1-5-3-8-7(13-5)10-6(11)4-9-12-2/h3-4H,1-2H3,(H,8,10,11)/b9-4+. The fourth-order valence-corrected chi connectivity index (χ4v) is 1.32. The average Bonchev–Trinajstić information content (AvgIpc) is 2.48. The van der Waals surface area contributed by atoms with Crippen LogP contribution >= 0.6 is 11.3 Å². The van der Waals surface area contributed by atoms with Crippen molar-refractivity contribution in [3.8, 4) is 0 Å². The van der Waals surface area contributed by atoms with Gasteiger partial charge in [0, 0.05) is 11.1 Å². The van der Waals surface area contributed by atoms with Crippen LogP contribution in [0.1, 0.15) is 4.88 Å². The topological polar surface area (TPSA) is 63.6 Å². The number of oxime groups is 1. The number of aryl methyl sites for hydroxylation is 1. The molecule has 0 radical (unpaired) electrons. The van der Waals surface area contributed by atoms with Crippen LogP contribution in [-0.2, 0) is 9.63 Å². The molecule has 6 heteroatoms. The molecule has 0 saturated carbocycles. The van der Waals surface area contributed by atoms with E-state index < -0.39 is 0 Å². The quantitative estimate of drug-likeness (QED) is 0.584. The summed E-state index contributed by atoms with van der Waals surface area (Å²) in [6.45, 7) is 1.91. The Morgan fingerprint density at radius 1 is 1.85 bits per heavy atom. The van der Waals surface area contributed by atoms with Crippen LogP contribution in [0.5, 0.6) is 0 Å². The summed E-state index contributed by atoms with van der Waals surface area (Å²) < 4.78 is 0. The lowest BCUT2D eigenvalue weighted by molar-refractivity contribution is -0.110. The average molecular weight is 199 g/mol. The molecule has 1 aromatic rings. The highest BCUT2D eigenvalue weighted by Gasteiger charge is 2.01. The number of carbonyl (C=O) groups excluding carboxylic acids is 1. The molecule has 0 atom stereocenters. The van der Waals surface area contributed by atoms with Gasteiger partial charge in [0.25, 0.3) is 5.91 Å². The van der Waals surface area contributed by atoms with Crippen molar-refractivity contribution in [1.29, 1.82) is 0 Å². The Labute approximate surface area is 79.4 Å². The maximum Gasteiger partial charge on any atom is 0.271 e. The minimum absolute atomic E-state index is 0.351. The lowest BCUT2D eigenvalue weighted by Crippen LogP contribution is -2.12. The van der Waals surface area contributed by atoms with Crippen molar-refractivity contribution in [2.24, 2.45) is 5.16 Å². The molecular formula is C7H9N3O2S. The van der Waals surface area contributed by atoms with Crippen LogP contribution in [-0.4, -0.2) is 24.2 Å². The van der Waals surface area contributed by atoms with Crippen molar-refractivity contribution >= 4 is 28.6 Å². The monoisotopic (exact) mass is 199 g/mol. The van der Waals surface area contributed by atoms with Crippen LogP contribution in [0.3, 0.4) is 0 Å². The van der Waals surface area contributed by atoms with E-state index >= 15 is 0 Å². The van der Waals surface area contributed by atoms with Gasteiger partial charge in [-0.2, -0.15) is 0 Å². The molecule has 0 aliphatic carbocycles. The summed E-state index contributed by atoms with van der Waals surface area (Å²) in [5.41, 5.74) is 0. The summed E-state index contributed by atoms with van der Waals surface area (Å²) in [4.78, 5) is 20.3. The van der Waals surface area contributed by atoms with Crippen molar-refractivity contribution in [2.75, 3.05) is 12.4 Å². The van der Waals surface area contributed by atoms with Crippen LogP contribution in [0.4, 0.5) is 5.13 Å². The molecule has 1 amide bonds. The number of aromatic nitrogens is 1. The van der Waals surface area contributed by atoms with E-state index in [2.05, 4.69) is 20.3 Å². The van der Waals surface area contributed by atoms with Crippen molar-refractivity contribution in [3.05, 3.63) is 11.1 Å². The minimum Gasteiger partial charge on any atom is -0.399 e. The molecule has 70 valence electrons. The van der Waals surface area contributed by atoms with E-state index in [0.717, 1.165) is 11.1 Å². The Kier molecular flexibility index (Phi) is 3.39. The zero-order chi connectivity index (χ0) is 9.68. The number of amides is 1. The Balaban J connectivity index is 2.50. The lowest BCUT2D eigenvalue weighted by Gasteiger charge is -1.93. The summed E-state index contributed by atoms with van der Waals surface area (Å²) >= 11 is 1.40. The van der Waals surface area contributed by atoms with Gasteiger partial charge in [-0.05, 0) is 6.92 Å². The van der Waals surface area contributed by atoms with E-state index in [0.29, 0.717) is 5.13 Å². The van der Waals surface area contributed by atoms with E-state index in [1.807, 2.05) is 6.92 Å². The van der Waals surface area contributed by atoms with E-state index in [9.17, 15) is 4.79 Å². The van der Waals surface area contributed by atoms with Gasteiger partial charge in [-0.3, -0.25) is 10.1 Å². The first-order chi connectivity index (χ1) is 6.22. The highest BCUT2D eigenvalue weighted by atomic mass is 32.1. The van der Waals surface area contributed by atoms with Crippen LogP contribution in [0.25, 0.3) is 0 Å². The zero-order valence-electron chi connectivity index (χ0n) is 7.27. The zero-order valence-corrected chi connectivity index (χ0v) is 8.09. The third kappa shape index (κ3) is 3.20. The molecule has 0 spiro atoms. The Bertz CT molecular complexity index is 321. The van der Waals surface area contributed by atoms with Gasteiger partial charge in [0.15, 0.2) is 5.13 Å². The van der Waals surface area contributed by atoms with Gasteiger partial charge in [0.2, 0.25) is 0 Å². The number of nitrogens with one attached hydrogen (secondary N) is 1. The maximum atomic E-state index is 11.0. The summed E-state index contributed by atoms with van der Waals surface area (Å²) in [7, 11) is 1.37. The van der Waals surface area contributed by atoms with Gasteiger partial charge in [0.05, 0.1) is 0 Å². The number of thiazole rings is 1. The molecule has 0 saturated heterocycles. The molecule has 0 aliphatic heterocycles. The fraction of sp³-hybridized carbons (Fsp3) is 0.286. The number of rotatable bonds is 3.